The highest BCUT2D eigenvalue weighted by molar-refractivity contribution is 6.58. The summed E-state index contributed by atoms with van der Waals surface area (Å²) in [7, 11) is -2.87. The van der Waals surface area contributed by atoms with E-state index in [0.717, 1.165) is 33.6 Å². The maximum Gasteiger partial charge on any atom is 0.488 e. The molecule has 4 N–H and O–H groups in total. The zero-order valence-corrected chi connectivity index (χ0v) is 25.7. The van der Waals surface area contributed by atoms with Gasteiger partial charge in [0.05, 0.1) is 23.6 Å². The van der Waals surface area contributed by atoms with Gasteiger partial charge in [-0.25, -0.2) is 0 Å². The number of nitrogens with zero attached hydrogens (tertiary/aromatic N) is 1. The first-order chi connectivity index (χ1) is 22.2. The second kappa shape index (κ2) is 13.7. The van der Waals surface area contributed by atoms with Crippen LogP contribution in [0.25, 0.3) is 6.08 Å². The Morgan fingerprint density at radius 2 is 1.78 bits per heavy atom. The van der Waals surface area contributed by atoms with Crippen molar-refractivity contribution in [2.45, 2.75) is 45.0 Å². The number of para-hydroxylation sites is 2. The molecule has 3 aromatic rings. The highest BCUT2D eigenvalue weighted by Gasteiger charge is 2.57. The van der Waals surface area contributed by atoms with Crippen molar-refractivity contribution in [1.29, 1.82) is 0 Å². The highest BCUT2D eigenvalue weighted by Crippen LogP contribution is 2.51. The number of carbonyl (C=O) groups is 2. The number of anilines is 1. The minimum atomic E-state index is -1.75. The maximum atomic E-state index is 14.1. The van der Waals surface area contributed by atoms with E-state index in [2.05, 4.69) is 6.92 Å². The van der Waals surface area contributed by atoms with Crippen molar-refractivity contribution in [3.63, 3.8) is 0 Å². The van der Waals surface area contributed by atoms with Crippen LogP contribution in [-0.2, 0) is 14.2 Å². The van der Waals surface area contributed by atoms with Crippen molar-refractivity contribution in [2.75, 3.05) is 11.5 Å². The molecule has 0 bridgehead atoms. The average Bonchev–Trinajstić information content (AvgIpc) is 3.31. The van der Waals surface area contributed by atoms with Crippen LogP contribution in [0.2, 0.25) is 6.32 Å². The molecule has 2 heterocycles. The van der Waals surface area contributed by atoms with E-state index in [4.69, 9.17) is 9.39 Å². The summed E-state index contributed by atoms with van der Waals surface area (Å²) in [4.78, 5) is 29.2. The molecule has 11 heteroatoms. The summed E-state index contributed by atoms with van der Waals surface area (Å²) in [6.45, 7) is 2.26. The van der Waals surface area contributed by atoms with E-state index >= 15 is 0 Å². The molecule has 2 aliphatic heterocycles. The number of aromatic hydroxyl groups is 1. The van der Waals surface area contributed by atoms with Crippen LogP contribution in [0.1, 0.15) is 38.2 Å². The molecule has 6 rings (SSSR count). The smallest absolute Gasteiger partial charge is 0.488 e. The average molecular weight is 621 g/mol. The van der Waals surface area contributed by atoms with Crippen LogP contribution in [0.4, 0.5) is 5.69 Å². The number of hydrogen-bond acceptors (Lipinski definition) is 8. The first-order valence-electron chi connectivity index (χ1n) is 15.8. The lowest BCUT2D eigenvalue weighted by Gasteiger charge is -2.43. The number of amides is 2. The number of ether oxygens (including phenoxy) is 1. The van der Waals surface area contributed by atoms with E-state index in [1.165, 1.54) is 12.1 Å². The number of carbonyl (C=O) groups excluding carboxylic acids is 2. The van der Waals surface area contributed by atoms with E-state index in [9.17, 15) is 29.8 Å². The monoisotopic (exact) mass is 621 g/mol. The van der Waals surface area contributed by atoms with Gasteiger partial charge < -0.3 is 29.6 Å². The van der Waals surface area contributed by atoms with Crippen LogP contribution in [0.15, 0.2) is 95.6 Å². The standard InChI is InChI=1S/C35H37B2NO8/c1-2-22(17-23-9-6-7-14-30(23)39)15-16-31-32-24(21-45-27-12-4-3-5-13-27)18-28-33(29(32)20-36(42)46-31)35(41)38(34(28)40)26-11-8-10-25(19-26)37(43)44/h3-14,17,19,28-29,31,33,39,42-44H,2,15-16,18,20-21H2,1H3/b22-17+/t28-,29+,31-,33-/m1/s1. The van der Waals surface area contributed by atoms with Gasteiger partial charge in [0.25, 0.3) is 0 Å². The molecule has 0 saturated carbocycles. The summed E-state index contributed by atoms with van der Waals surface area (Å²) in [6, 6.07) is 22.7. The van der Waals surface area contributed by atoms with Crippen LogP contribution >= 0.6 is 0 Å². The van der Waals surface area contributed by atoms with E-state index in [1.54, 1.807) is 24.3 Å². The fourth-order valence-electron chi connectivity index (χ4n) is 7.16. The maximum absolute atomic E-state index is 14.1. The summed E-state index contributed by atoms with van der Waals surface area (Å²) in [5.41, 5.74) is 4.08. The molecule has 1 aliphatic carbocycles. The van der Waals surface area contributed by atoms with Gasteiger partial charge in [0.2, 0.25) is 11.8 Å². The number of phenols is 1. The molecular weight excluding hydrogens is 584 g/mol. The van der Waals surface area contributed by atoms with E-state index in [1.807, 2.05) is 48.5 Å². The van der Waals surface area contributed by atoms with Gasteiger partial charge in [-0.3, -0.25) is 14.5 Å². The van der Waals surface area contributed by atoms with Crippen molar-refractivity contribution >= 4 is 43.3 Å². The first kappa shape index (κ1) is 31.8. The fourth-order valence-corrected chi connectivity index (χ4v) is 7.16. The van der Waals surface area contributed by atoms with Crippen molar-refractivity contribution < 1.29 is 39.2 Å². The van der Waals surface area contributed by atoms with Gasteiger partial charge in [0.1, 0.15) is 18.1 Å². The number of hydrogen-bond donors (Lipinski definition) is 4. The third-order valence-electron chi connectivity index (χ3n) is 9.37. The van der Waals surface area contributed by atoms with Gasteiger partial charge in [-0.2, -0.15) is 0 Å². The normalized spacial score (nSPS) is 23.0. The lowest BCUT2D eigenvalue weighted by atomic mass is 9.58. The molecule has 9 nitrogen and oxygen atoms in total. The Morgan fingerprint density at radius 3 is 2.52 bits per heavy atom. The summed E-state index contributed by atoms with van der Waals surface area (Å²) in [5, 5.41) is 40.7. The van der Waals surface area contributed by atoms with Gasteiger partial charge in [-0.1, -0.05) is 67.1 Å². The lowest BCUT2D eigenvalue weighted by Crippen LogP contribution is -2.46. The number of imide groups is 1. The van der Waals surface area contributed by atoms with Crippen molar-refractivity contribution in [1.82, 2.24) is 0 Å². The highest BCUT2D eigenvalue weighted by atomic mass is 16.5. The second-order valence-electron chi connectivity index (χ2n) is 12.2. The number of rotatable bonds is 10. The second-order valence-corrected chi connectivity index (χ2v) is 12.2. The van der Waals surface area contributed by atoms with Crippen molar-refractivity contribution in [3.8, 4) is 11.5 Å². The Morgan fingerprint density at radius 1 is 1.02 bits per heavy atom. The summed E-state index contributed by atoms with van der Waals surface area (Å²) in [6.07, 6.45) is 3.86. The van der Waals surface area contributed by atoms with Crippen LogP contribution in [0, 0.1) is 17.8 Å². The molecule has 236 valence electrons. The Labute approximate surface area is 269 Å². The van der Waals surface area contributed by atoms with Crippen molar-refractivity contribution in [3.05, 3.63) is 101 Å². The van der Waals surface area contributed by atoms with Crippen molar-refractivity contribution in [2.24, 2.45) is 17.8 Å². The van der Waals surface area contributed by atoms with Crippen LogP contribution in [-0.4, -0.2) is 58.9 Å². The largest absolute Gasteiger partial charge is 0.507 e. The zero-order valence-electron chi connectivity index (χ0n) is 25.7. The molecule has 4 atom stereocenters. The summed E-state index contributed by atoms with van der Waals surface area (Å²) < 4.78 is 12.4. The molecule has 0 spiro atoms. The molecule has 0 aromatic heterocycles. The van der Waals surface area contributed by atoms with Gasteiger partial charge in [-0.15, -0.1) is 0 Å². The first-order valence-corrected chi connectivity index (χ1v) is 15.8. The molecule has 0 unspecified atom stereocenters. The Kier molecular flexibility index (Phi) is 9.47. The van der Waals surface area contributed by atoms with Gasteiger partial charge in [-0.05, 0) is 84.9 Å². The van der Waals surface area contributed by atoms with Crippen LogP contribution in [0.5, 0.6) is 11.5 Å². The molecule has 46 heavy (non-hydrogen) atoms. The van der Waals surface area contributed by atoms with E-state index in [-0.39, 0.29) is 41.6 Å². The Bertz CT molecular complexity index is 1660. The SMILES string of the molecule is CC/C(=C\c1ccccc1O)CC[C@H]1OB(O)C[C@H]2C1=C(COc1ccccc1)C[C@H]1C(=O)N(c3cccc(B(O)O)c3)C(=O)[C@H]12. The zero-order chi connectivity index (χ0) is 32.4. The number of allylic oxidation sites excluding steroid dienone is 1. The van der Waals surface area contributed by atoms with E-state index < -0.39 is 38.1 Å². The Balaban J connectivity index is 1.34. The topological polar surface area (TPSA) is 137 Å². The molecule has 3 aromatic carbocycles. The fraction of sp³-hybridized carbons (Fsp3) is 0.314. The molecule has 2 amide bonds. The number of phenolic OH excluding ortho intramolecular Hbond substituents is 1. The third-order valence-corrected chi connectivity index (χ3v) is 9.37. The van der Waals surface area contributed by atoms with Crippen LogP contribution in [0.3, 0.4) is 0 Å². The molecule has 3 aliphatic rings. The molecule has 0 radical (unpaired) electrons. The Hall–Kier alpha value is -4.15. The third kappa shape index (κ3) is 6.41. The van der Waals surface area contributed by atoms with Gasteiger partial charge in [0.15, 0.2) is 0 Å². The molecule has 2 saturated heterocycles. The minimum Gasteiger partial charge on any atom is -0.507 e. The predicted octanol–water partition coefficient (Wildman–Crippen LogP) is 3.73. The minimum absolute atomic E-state index is 0.165. The summed E-state index contributed by atoms with van der Waals surface area (Å²) >= 11 is 0. The predicted molar refractivity (Wildman–Crippen MR) is 176 cm³/mol. The van der Waals surface area contributed by atoms with Gasteiger partial charge in [0, 0.05) is 5.56 Å². The quantitative estimate of drug-likeness (QED) is 0.153. The van der Waals surface area contributed by atoms with E-state index in [0.29, 0.717) is 25.0 Å². The molecular formula is C35H37B2NO8. The lowest BCUT2D eigenvalue weighted by molar-refractivity contribution is -0.122. The summed E-state index contributed by atoms with van der Waals surface area (Å²) in [5.74, 6) is -1.64. The van der Waals surface area contributed by atoms with Gasteiger partial charge >= 0.3 is 14.2 Å². The molecule has 2 fully saturated rings. The number of fused-ring (bicyclic) bond motifs is 3. The van der Waals surface area contributed by atoms with Crippen LogP contribution < -0.4 is 15.1 Å². The number of benzene rings is 3.